The van der Waals surface area contributed by atoms with Gasteiger partial charge in [0.05, 0.1) is 11.4 Å². The fourth-order valence-electron chi connectivity index (χ4n) is 19.5. The van der Waals surface area contributed by atoms with E-state index in [1.807, 2.05) is 0 Å². The van der Waals surface area contributed by atoms with E-state index in [2.05, 4.69) is 526 Å². The van der Waals surface area contributed by atoms with Crippen LogP contribution in [-0.4, -0.2) is 0 Å². The summed E-state index contributed by atoms with van der Waals surface area (Å²) in [6.45, 7) is 17.2. The Balaban J connectivity index is 0.751. The van der Waals surface area contributed by atoms with Crippen molar-refractivity contribution in [2.75, 3.05) is 9.80 Å². The molecule has 21 rings (SSSR count). The Kier molecular flexibility index (Phi) is 22.4. The average molecular weight is 1690 g/mol. The third kappa shape index (κ3) is 16.3. The lowest BCUT2D eigenvalue weighted by Crippen LogP contribution is -2.12. The SMILES string of the molecule is Cc1ccc(C(=Cc2ccc(N(c3ccc(C=C(c4ccc(C)cc4)c4ccc(C)cc4)cc3)c3c4ccccc4c(-c4c5ccccc5c(-c5c6ccccc6c(N(c6ccc(C=C(c7ccc(C)cc7)c7ccc(C)cc7)cc6)c6ccc(C=C(c7ccc(C)cc7)c7ccc(C)cc7)cc6)c6ccccc56)c5ccccc45)c4ccccc34)cc2)c2ccc(C)cc2)cc1. The predicted octanol–water partition coefficient (Wildman–Crippen LogP) is 35.7. The van der Waals surface area contributed by atoms with Crippen molar-refractivity contribution in [1.29, 1.82) is 0 Å². The first-order valence-electron chi connectivity index (χ1n) is 46.0. The minimum Gasteiger partial charge on any atom is -0.309 e. The normalized spacial score (nSPS) is 11.3. The average Bonchev–Trinajstić information content (AvgIpc) is 0.703. The van der Waals surface area contributed by atoms with Gasteiger partial charge in [-0.2, -0.15) is 0 Å². The van der Waals surface area contributed by atoms with Crippen LogP contribution in [0.4, 0.5) is 34.1 Å². The Morgan fingerprint density at radius 3 is 0.417 bits per heavy atom. The predicted molar refractivity (Wildman–Crippen MR) is 569 cm³/mol. The first-order valence-corrected chi connectivity index (χ1v) is 46.0. The van der Waals surface area contributed by atoms with E-state index in [0.29, 0.717) is 0 Å². The summed E-state index contributed by atoms with van der Waals surface area (Å²) in [5.74, 6) is 0. The number of benzene rings is 21. The van der Waals surface area contributed by atoms with Gasteiger partial charge in [0.25, 0.3) is 0 Å². The highest BCUT2D eigenvalue weighted by atomic mass is 15.2. The number of rotatable bonds is 20. The largest absolute Gasteiger partial charge is 0.309 e. The van der Waals surface area contributed by atoms with Gasteiger partial charge in [0.1, 0.15) is 0 Å². The third-order valence-electron chi connectivity index (χ3n) is 26.4. The van der Waals surface area contributed by atoms with Crippen LogP contribution in [-0.2, 0) is 0 Å². The number of nitrogens with zero attached hydrogens (tertiary/aromatic N) is 2. The summed E-state index contributed by atoms with van der Waals surface area (Å²) in [5.41, 5.74) is 39.5. The smallest absolute Gasteiger partial charge is 0.0618 e. The zero-order chi connectivity index (χ0) is 89.5. The van der Waals surface area contributed by atoms with E-state index in [1.54, 1.807) is 0 Å². The van der Waals surface area contributed by atoms with E-state index >= 15 is 0 Å². The Labute approximate surface area is 775 Å². The van der Waals surface area contributed by atoms with Gasteiger partial charge in [0.15, 0.2) is 0 Å². The van der Waals surface area contributed by atoms with Crippen molar-refractivity contribution in [2.24, 2.45) is 0 Å². The van der Waals surface area contributed by atoms with Gasteiger partial charge >= 0.3 is 0 Å². The van der Waals surface area contributed by atoms with Crippen molar-refractivity contribution in [3.63, 3.8) is 0 Å². The zero-order valence-electron chi connectivity index (χ0n) is 75.8. The molecule has 0 aliphatic rings. The number of aryl methyl sites for hydroxylation is 8. The lowest BCUT2D eigenvalue weighted by atomic mass is 9.80. The highest BCUT2D eigenvalue weighted by Crippen LogP contribution is 2.56. The van der Waals surface area contributed by atoms with Crippen molar-refractivity contribution in [1.82, 2.24) is 0 Å². The molecular formula is C130H100N2. The molecule has 0 unspecified atom stereocenters. The van der Waals surface area contributed by atoms with Crippen molar-refractivity contribution >= 4 is 145 Å². The van der Waals surface area contributed by atoms with Gasteiger partial charge in [0.2, 0.25) is 0 Å². The second-order valence-electron chi connectivity index (χ2n) is 35.7. The minimum atomic E-state index is 1.04. The van der Waals surface area contributed by atoms with Crippen molar-refractivity contribution in [3.05, 3.63) is 548 Å². The highest BCUT2D eigenvalue weighted by molar-refractivity contribution is 6.34. The molecule has 0 amide bonds. The van der Waals surface area contributed by atoms with Crippen molar-refractivity contribution in [2.45, 2.75) is 55.4 Å². The summed E-state index contributed by atoms with van der Waals surface area (Å²) in [7, 11) is 0. The fraction of sp³-hybridized carbons (Fsp3) is 0.0615. The first kappa shape index (κ1) is 82.7. The Bertz CT molecular complexity index is 6910. The van der Waals surface area contributed by atoms with Crippen LogP contribution in [0.25, 0.3) is 133 Å². The molecule has 2 heteroatoms. The maximum Gasteiger partial charge on any atom is 0.0618 e. The molecule has 0 aliphatic carbocycles. The Morgan fingerprint density at radius 1 is 0.144 bits per heavy atom. The van der Waals surface area contributed by atoms with Crippen LogP contribution in [0.3, 0.4) is 0 Å². The molecule has 132 heavy (non-hydrogen) atoms. The van der Waals surface area contributed by atoms with Gasteiger partial charge < -0.3 is 9.80 Å². The summed E-state index contributed by atoms with van der Waals surface area (Å²) >= 11 is 0. The number of hydrogen-bond acceptors (Lipinski definition) is 2. The monoisotopic (exact) mass is 1690 g/mol. The van der Waals surface area contributed by atoms with Gasteiger partial charge in [-0.3, -0.25) is 0 Å². The van der Waals surface area contributed by atoms with E-state index in [4.69, 9.17) is 0 Å². The van der Waals surface area contributed by atoms with Crippen molar-refractivity contribution < 1.29 is 0 Å². The van der Waals surface area contributed by atoms with E-state index < -0.39 is 0 Å². The van der Waals surface area contributed by atoms with Crippen LogP contribution >= 0.6 is 0 Å². The number of fused-ring (bicyclic) bond motifs is 6. The lowest BCUT2D eigenvalue weighted by Gasteiger charge is -2.31. The van der Waals surface area contributed by atoms with Gasteiger partial charge in [-0.1, -0.05) is 433 Å². The molecule has 0 radical (unpaired) electrons. The zero-order valence-corrected chi connectivity index (χ0v) is 75.8. The maximum absolute atomic E-state index is 2.52. The molecule has 0 heterocycles. The van der Waals surface area contributed by atoms with Crippen LogP contribution in [0.1, 0.15) is 111 Å². The van der Waals surface area contributed by atoms with Crippen molar-refractivity contribution in [3.8, 4) is 22.3 Å². The third-order valence-corrected chi connectivity index (χ3v) is 26.4. The van der Waals surface area contributed by atoms with E-state index in [1.165, 1.54) is 155 Å². The first-order chi connectivity index (χ1) is 64.7. The van der Waals surface area contributed by atoms with Crippen LogP contribution in [0.15, 0.2) is 437 Å². The Hall–Kier alpha value is -16.3. The molecule has 0 bridgehead atoms. The van der Waals surface area contributed by atoms with Gasteiger partial charge in [-0.25, -0.2) is 0 Å². The van der Waals surface area contributed by atoms with Gasteiger partial charge in [0, 0.05) is 44.3 Å². The Morgan fingerprint density at radius 2 is 0.273 bits per heavy atom. The van der Waals surface area contributed by atoms with Crippen LogP contribution in [0.5, 0.6) is 0 Å². The second kappa shape index (κ2) is 35.8. The molecule has 21 aromatic rings. The molecule has 0 aromatic heterocycles. The number of anilines is 6. The minimum absolute atomic E-state index is 1.04. The maximum atomic E-state index is 2.52. The molecule has 0 atom stereocenters. The number of hydrogen-bond donors (Lipinski definition) is 0. The topological polar surface area (TPSA) is 6.48 Å². The van der Waals surface area contributed by atoms with Gasteiger partial charge in [-0.05, 0) is 283 Å². The fourth-order valence-corrected chi connectivity index (χ4v) is 19.5. The van der Waals surface area contributed by atoms with Crippen LogP contribution in [0, 0.1) is 55.4 Å². The molecule has 0 saturated carbocycles. The summed E-state index contributed by atoms with van der Waals surface area (Å²) in [4.78, 5) is 5.03. The molecule has 0 saturated heterocycles. The molecule has 2 nitrogen and oxygen atoms in total. The molecule has 21 aromatic carbocycles. The van der Waals surface area contributed by atoms with Crippen LogP contribution < -0.4 is 9.80 Å². The second-order valence-corrected chi connectivity index (χ2v) is 35.7. The summed E-state index contributed by atoms with van der Waals surface area (Å²) in [5, 5.41) is 13.9. The van der Waals surface area contributed by atoms with Crippen LogP contribution in [0.2, 0.25) is 0 Å². The van der Waals surface area contributed by atoms with Gasteiger partial charge in [-0.15, -0.1) is 0 Å². The molecule has 0 spiro atoms. The van der Waals surface area contributed by atoms with E-state index in [0.717, 1.165) is 99.5 Å². The summed E-state index contributed by atoms with van der Waals surface area (Å²) in [6, 6.07) is 164. The highest BCUT2D eigenvalue weighted by Gasteiger charge is 2.30. The molecule has 0 aliphatic heterocycles. The molecule has 0 N–H and O–H groups in total. The van der Waals surface area contributed by atoms with E-state index in [-0.39, 0.29) is 0 Å². The molecular weight excluding hydrogens is 1590 g/mol. The van der Waals surface area contributed by atoms with E-state index in [9.17, 15) is 0 Å². The summed E-state index contributed by atoms with van der Waals surface area (Å²) in [6.07, 6.45) is 9.39. The standard InChI is InChI=1S/C130H100N2/c1-85-33-57-97(58-34-85)121(98-59-35-86(2)36-60-98)81-93-49-73-105(74-50-93)131(106-75-51-94(52-76-106)82-122(99-61-37-87(3)38-62-99)100-63-39-88(4)40-64-100)129-117-29-17-13-25-113(117)127(114-26-14-18-30-118(114)129)125-109-21-9-11-23-111(109)126(112-24-12-10-22-110(112)125)128-115-27-15-19-31-119(115)130(120-32-20-16-28-116(120)128)132(107-77-53-95(54-78-107)83-123(101-65-41-89(5)42-66-101)102-67-43-90(6)44-68-102)108-79-55-96(56-80-108)84-124(103-69-45-91(7)46-70-103)104-71-47-92(8)48-72-104/h9-84H,1-8H3. The molecule has 630 valence electrons. The quantitative estimate of drug-likeness (QED) is 0.0554. The lowest BCUT2D eigenvalue weighted by molar-refractivity contribution is 1.31. The molecule has 0 fully saturated rings. The summed E-state index contributed by atoms with van der Waals surface area (Å²) < 4.78 is 0.